The summed E-state index contributed by atoms with van der Waals surface area (Å²) in [6.07, 6.45) is 10.5. The molecule has 21 heavy (non-hydrogen) atoms. The first-order chi connectivity index (χ1) is 10.2. The quantitative estimate of drug-likeness (QED) is 0.870. The number of nitrogens with one attached hydrogen (secondary N) is 1. The molecule has 2 aromatic rings. The second-order valence-corrected chi connectivity index (χ2v) is 6.38. The molecule has 0 aliphatic heterocycles. The van der Waals surface area contributed by atoms with Crippen molar-refractivity contribution in [3.05, 3.63) is 41.7 Å². The maximum absolute atomic E-state index is 6.18. The third kappa shape index (κ3) is 3.41. The van der Waals surface area contributed by atoms with Crippen LogP contribution in [0, 0.1) is 5.92 Å². The molecule has 112 valence electrons. The fourth-order valence-electron chi connectivity index (χ4n) is 3.23. The van der Waals surface area contributed by atoms with Gasteiger partial charge in [0.1, 0.15) is 0 Å². The Bertz CT molecular complexity index is 574. The summed E-state index contributed by atoms with van der Waals surface area (Å²) >= 11 is 6.18. The van der Waals surface area contributed by atoms with Crippen molar-refractivity contribution in [2.75, 3.05) is 5.32 Å². The zero-order valence-electron chi connectivity index (χ0n) is 12.4. The molecule has 4 heteroatoms. The molecule has 1 N–H and O–H groups in total. The van der Waals surface area contributed by atoms with E-state index in [9.17, 15) is 0 Å². The van der Waals surface area contributed by atoms with E-state index in [4.69, 9.17) is 11.6 Å². The third-order valence-corrected chi connectivity index (χ3v) is 4.69. The van der Waals surface area contributed by atoms with Gasteiger partial charge in [0.25, 0.3) is 0 Å². The Balaban J connectivity index is 1.82. The van der Waals surface area contributed by atoms with Gasteiger partial charge in [-0.3, -0.25) is 0 Å². The molecule has 1 unspecified atom stereocenters. The van der Waals surface area contributed by atoms with Gasteiger partial charge in [0.05, 0.1) is 11.4 Å². The van der Waals surface area contributed by atoms with E-state index >= 15 is 0 Å². The van der Waals surface area contributed by atoms with E-state index in [0.717, 1.165) is 22.3 Å². The maximum atomic E-state index is 6.18. The highest BCUT2D eigenvalue weighted by atomic mass is 35.5. The summed E-state index contributed by atoms with van der Waals surface area (Å²) in [4.78, 5) is 0. The van der Waals surface area contributed by atoms with Crippen molar-refractivity contribution in [1.82, 2.24) is 9.78 Å². The van der Waals surface area contributed by atoms with Crippen molar-refractivity contribution in [3.8, 4) is 5.69 Å². The van der Waals surface area contributed by atoms with Crippen LogP contribution in [0.4, 0.5) is 5.69 Å². The Hall–Kier alpha value is -1.48. The van der Waals surface area contributed by atoms with Crippen molar-refractivity contribution < 1.29 is 0 Å². The highest BCUT2D eigenvalue weighted by molar-refractivity contribution is 6.31. The summed E-state index contributed by atoms with van der Waals surface area (Å²) in [5.41, 5.74) is 2.11. The summed E-state index contributed by atoms with van der Waals surface area (Å²) in [6.45, 7) is 2.28. The number of hydrogen-bond donors (Lipinski definition) is 1. The summed E-state index contributed by atoms with van der Waals surface area (Å²) in [5, 5.41) is 8.75. The number of rotatable bonds is 4. The number of benzene rings is 1. The molecule has 1 aliphatic carbocycles. The molecule has 1 saturated carbocycles. The van der Waals surface area contributed by atoms with Gasteiger partial charge in [-0.05, 0) is 49.9 Å². The summed E-state index contributed by atoms with van der Waals surface area (Å²) in [6, 6.07) is 8.32. The molecule has 1 aliphatic rings. The van der Waals surface area contributed by atoms with Crippen LogP contribution in [0.1, 0.15) is 39.0 Å². The first-order valence-corrected chi connectivity index (χ1v) is 8.18. The third-order valence-electron chi connectivity index (χ3n) is 4.45. The van der Waals surface area contributed by atoms with E-state index in [1.807, 2.05) is 35.1 Å². The van der Waals surface area contributed by atoms with Gasteiger partial charge in [-0.25, -0.2) is 4.68 Å². The lowest BCUT2D eigenvalue weighted by Crippen LogP contribution is -2.28. The topological polar surface area (TPSA) is 29.9 Å². The fourth-order valence-corrected chi connectivity index (χ4v) is 3.40. The molecule has 1 fully saturated rings. The van der Waals surface area contributed by atoms with E-state index in [-0.39, 0.29) is 0 Å². The van der Waals surface area contributed by atoms with Gasteiger partial charge in [0.15, 0.2) is 0 Å². The van der Waals surface area contributed by atoms with Gasteiger partial charge < -0.3 is 5.32 Å². The first kappa shape index (κ1) is 14.5. The molecule has 3 nitrogen and oxygen atoms in total. The molecular formula is C17H22ClN3. The van der Waals surface area contributed by atoms with Crippen LogP contribution in [-0.2, 0) is 0 Å². The Labute approximate surface area is 131 Å². The molecule has 0 radical (unpaired) electrons. The standard InChI is InChI=1S/C17H22ClN3/c1-13(14-6-3-2-4-7-14)20-16-12-15(18)8-9-17(16)21-11-5-10-19-21/h5,8-14,20H,2-4,6-7H2,1H3. The van der Waals surface area contributed by atoms with Crippen molar-refractivity contribution in [1.29, 1.82) is 0 Å². The molecule has 0 saturated heterocycles. The average molecular weight is 304 g/mol. The minimum Gasteiger partial charge on any atom is -0.381 e. The van der Waals surface area contributed by atoms with Crippen LogP contribution in [0.5, 0.6) is 0 Å². The van der Waals surface area contributed by atoms with Crippen LogP contribution < -0.4 is 5.32 Å². The molecule has 3 rings (SSSR count). The molecule has 0 amide bonds. The lowest BCUT2D eigenvalue weighted by atomic mass is 9.84. The predicted molar refractivity (Wildman–Crippen MR) is 88.2 cm³/mol. The Morgan fingerprint density at radius 1 is 1.29 bits per heavy atom. The molecule has 0 spiro atoms. The van der Waals surface area contributed by atoms with Crippen LogP contribution in [0.3, 0.4) is 0 Å². The summed E-state index contributed by atoms with van der Waals surface area (Å²) in [5.74, 6) is 0.753. The Morgan fingerprint density at radius 3 is 2.81 bits per heavy atom. The van der Waals surface area contributed by atoms with Crippen molar-refractivity contribution in [2.45, 2.75) is 45.1 Å². The molecular weight excluding hydrogens is 282 g/mol. The van der Waals surface area contributed by atoms with Crippen molar-refractivity contribution in [3.63, 3.8) is 0 Å². The zero-order chi connectivity index (χ0) is 14.7. The lowest BCUT2D eigenvalue weighted by molar-refractivity contribution is 0.328. The predicted octanol–water partition coefficient (Wildman–Crippen LogP) is 4.91. The molecule has 1 heterocycles. The van der Waals surface area contributed by atoms with E-state index in [1.165, 1.54) is 32.1 Å². The van der Waals surface area contributed by atoms with E-state index in [1.54, 1.807) is 6.20 Å². The normalized spacial score (nSPS) is 17.6. The van der Waals surface area contributed by atoms with Gasteiger partial charge in [0.2, 0.25) is 0 Å². The van der Waals surface area contributed by atoms with Gasteiger partial charge >= 0.3 is 0 Å². The van der Waals surface area contributed by atoms with Crippen LogP contribution in [0.15, 0.2) is 36.7 Å². The van der Waals surface area contributed by atoms with E-state index in [2.05, 4.69) is 17.3 Å². The highest BCUT2D eigenvalue weighted by Crippen LogP contribution is 2.30. The van der Waals surface area contributed by atoms with E-state index in [0.29, 0.717) is 6.04 Å². The highest BCUT2D eigenvalue weighted by Gasteiger charge is 2.21. The number of aromatic nitrogens is 2. The summed E-state index contributed by atoms with van der Waals surface area (Å²) < 4.78 is 1.88. The van der Waals surface area contributed by atoms with Crippen molar-refractivity contribution in [2.24, 2.45) is 5.92 Å². The van der Waals surface area contributed by atoms with Gasteiger partial charge in [-0.15, -0.1) is 0 Å². The van der Waals surface area contributed by atoms with Gasteiger partial charge in [-0.2, -0.15) is 5.10 Å². The largest absolute Gasteiger partial charge is 0.381 e. The monoisotopic (exact) mass is 303 g/mol. The fraction of sp³-hybridized carbons (Fsp3) is 0.471. The summed E-state index contributed by atoms with van der Waals surface area (Å²) in [7, 11) is 0. The molecule has 1 aromatic heterocycles. The minimum absolute atomic E-state index is 0.457. The van der Waals surface area contributed by atoms with Crippen LogP contribution in [0.2, 0.25) is 5.02 Å². The van der Waals surface area contributed by atoms with Crippen LogP contribution in [-0.4, -0.2) is 15.8 Å². The SMILES string of the molecule is CC(Nc1cc(Cl)ccc1-n1cccn1)C1CCCCC1. The second kappa shape index (κ2) is 6.52. The molecule has 0 bridgehead atoms. The Morgan fingerprint density at radius 2 is 2.10 bits per heavy atom. The zero-order valence-corrected chi connectivity index (χ0v) is 13.2. The number of anilines is 1. The number of halogens is 1. The number of hydrogen-bond acceptors (Lipinski definition) is 2. The number of nitrogens with zero attached hydrogens (tertiary/aromatic N) is 2. The molecule has 1 atom stereocenters. The van der Waals surface area contributed by atoms with Crippen LogP contribution >= 0.6 is 11.6 Å². The van der Waals surface area contributed by atoms with E-state index < -0.39 is 0 Å². The van der Waals surface area contributed by atoms with Gasteiger partial charge in [-0.1, -0.05) is 30.9 Å². The van der Waals surface area contributed by atoms with Crippen LogP contribution in [0.25, 0.3) is 5.69 Å². The second-order valence-electron chi connectivity index (χ2n) is 5.94. The minimum atomic E-state index is 0.457. The maximum Gasteiger partial charge on any atom is 0.0877 e. The van der Waals surface area contributed by atoms with Gasteiger partial charge in [0, 0.05) is 23.5 Å². The Kier molecular flexibility index (Phi) is 4.49. The first-order valence-electron chi connectivity index (χ1n) is 7.80. The smallest absolute Gasteiger partial charge is 0.0877 e. The lowest BCUT2D eigenvalue weighted by Gasteiger charge is -2.29. The molecule has 1 aromatic carbocycles. The average Bonchev–Trinajstić information content (AvgIpc) is 3.02. The van der Waals surface area contributed by atoms with Crippen molar-refractivity contribution >= 4 is 17.3 Å².